The molecule has 0 spiro atoms. The lowest BCUT2D eigenvalue weighted by molar-refractivity contribution is 0.342. The van der Waals surface area contributed by atoms with Crippen LogP contribution in [-0.4, -0.2) is 12.5 Å². The van der Waals surface area contributed by atoms with Gasteiger partial charge in [0.1, 0.15) is 12.4 Å². The van der Waals surface area contributed by atoms with E-state index in [-0.39, 0.29) is 0 Å². The Bertz CT molecular complexity index is 296. The molecule has 0 aromatic heterocycles. The number of aryl methyl sites for hydroxylation is 2. The van der Waals surface area contributed by atoms with Gasteiger partial charge in [-0.1, -0.05) is 6.07 Å². The molecule has 1 aromatic carbocycles. The second-order valence-electron chi connectivity index (χ2n) is 3.32. The van der Waals surface area contributed by atoms with E-state index in [2.05, 4.69) is 12.1 Å². The van der Waals surface area contributed by atoms with E-state index in [1.165, 1.54) is 30.4 Å². The summed E-state index contributed by atoms with van der Waals surface area (Å²) in [6.45, 7) is 0.598. The number of hydrogen-bond acceptors (Lipinski definition) is 1. The summed E-state index contributed by atoms with van der Waals surface area (Å²) in [5.74, 6) is 1.51. The van der Waals surface area contributed by atoms with Crippen molar-refractivity contribution >= 4 is 11.6 Å². The van der Waals surface area contributed by atoms with Crippen molar-refractivity contribution in [1.29, 1.82) is 0 Å². The molecule has 0 amide bonds. The fourth-order valence-electron chi connectivity index (χ4n) is 1.79. The van der Waals surface area contributed by atoms with E-state index in [0.29, 0.717) is 12.5 Å². The average molecular weight is 197 g/mol. The van der Waals surface area contributed by atoms with Crippen LogP contribution in [0.4, 0.5) is 0 Å². The van der Waals surface area contributed by atoms with Crippen LogP contribution >= 0.6 is 11.6 Å². The quantitative estimate of drug-likeness (QED) is 0.676. The van der Waals surface area contributed by atoms with Crippen molar-refractivity contribution in [3.63, 3.8) is 0 Å². The molecule has 0 N–H and O–H groups in total. The van der Waals surface area contributed by atoms with E-state index >= 15 is 0 Å². The second-order valence-corrected chi connectivity index (χ2v) is 3.70. The van der Waals surface area contributed by atoms with Crippen molar-refractivity contribution in [3.8, 4) is 5.75 Å². The summed E-state index contributed by atoms with van der Waals surface area (Å²) in [4.78, 5) is 0. The molecule has 0 fully saturated rings. The standard InChI is InChI=1S/C11H13ClO/c12-6-7-13-11-5-4-9-2-1-3-10(9)8-11/h4-5,8H,1-3,6-7H2. The topological polar surface area (TPSA) is 9.23 Å². The molecule has 0 atom stereocenters. The average Bonchev–Trinajstić information content (AvgIpc) is 2.61. The van der Waals surface area contributed by atoms with Crippen LogP contribution in [0.2, 0.25) is 0 Å². The molecular formula is C11H13ClO. The Labute approximate surface area is 83.7 Å². The van der Waals surface area contributed by atoms with Crippen LogP contribution in [-0.2, 0) is 12.8 Å². The third-order valence-corrected chi connectivity index (χ3v) is 2.57. The molecule has 0 saturated heterocycles. The summed E-state index contributed by atoms with van der Waals surface area (Å²) in [5.41, 5.74) is 2.94. The van der Waals surface area contributed by atoms with Crippen molar-refractivity contribution in [3.05, 3.63) is 29.3 Å². The zero-order valence-corrected chi connectivity index (χ0v) is 8.31. The molecule has 13 heavy (non-hydrogen) atoms. The van der Waals surface area contributed by atoms with Gasteiger partial charge in [-0.25, -0.2) is 0 Å². The van der Waals surface area contributed by atoms with Gasteiger partial charge >= 0.3 is 0 Å². The SMILES string of the molecule is ClCCOc1ccc2c(c1)CCC2. The van der Waals surface area contributed by atoms with Gasteiger partial charge in [-0.05, 0) is 42.5 Å². The van der Waals surface area contributed by atoms with Crippen LogP contribution in [0.3, 0.4) is 0 Å². The Morgan fingerprint density at radius 1 is 1.23 bits per heavy atom. The van der Waals surface area contributed by atoms with Gasteiger partial charge in [0.2, 0.25) is 0 Å². The summed E-state index contributed by atoms with van der Waals surface area (Å²) < 4.78 is 5.45. The van der Waals surface area contributed by atoms with Gasteiger partial charge in [-0.2, -0.15) is 0 Å². The Morgan fingerprint density at radius 3 is 2.92 bits per heavy atom. The first-order chi connectivity index (χ1) is 6.40. The summed E-state index contributed by atoms with van der Waals surface area (Å²) in [5, 5.41) is 0. The molecule has 1 aliphatic carbocycles. The minimum absolute atomic E-state index is 0.553. The van der Waals surface area contributed by atoms with Gasteiger partial charge in [0.05, 0.1) is 5.88 Å². The van der Waals surface area contributed by atoms with Crippen molar-refractivity contribution in [2.45, 2.75) is 19.3 Å². The van der Waals surface area contributed by atoms with E-state index in [0.717, 1.165) is 5.75 Å². The first-order valence-corrected chi connectivity index (χ1v) is 5.24. The Morgan fingerprint density at radius 2 is 2.08 bits per heavy atom. The zero-order valence-electron chi connectivity index (χ0n) is 7.55. The van der Waals surface area contributed by atoms with Gasteiger partial charge in [-0.3, -0.25) is 0 Å². The third kappa shape index (κ3) is 1.97. The van der Waals surface area contributed by atoms with Gasteiger partial charge in [0.25, 0.3) is 0 Å². The van der Waals surface area contributed by atoms with E-state index < -0.39 is 0 Å². The van der Waals surface area contributed by atoms with E-state index in [4.69, 9.17) is 16.3 Å². The lowest BCUT2D eigenvalue weighted by Gasteiger charge is -2.05. The molecule has 1 aliphatic rings. The van der Waals surface area contributed by atoms with Gasteiger partial charge < -0.3 is 4.74 Å². The Hall–Kier alpha value is -0.690. The summed E-state index contributed by atoms with van der Waals surface area (Å²) in [6.07, 6.45) is 3.72. The normalized spacial score (nSPS) is 14.2. The molecule has 0 radical (unpaired) electrons. The fraction of sp³-hybridized carbons (Fsp3) is 0.455. The summed E-state index contributed by atoms with van der Waals surface area (Å²) in [6, 6.07) is 6.36. The number of ether oxygens (including phenoxy) is 1. The second kappa shape index (κ2) is 4.01. The predicted molar refractivity (Wildman–Crippen MR) is 54.7 cm³/mol. The smallest absolute Gasteiger partial charge is 0.119 e. The lowest BCUT2D eigenvalue weighted by Crippen LogP contribution is -1.98. The minimum Gasteiger partial charge on any atom is -0.492 e. The monoisotopic (exact) mass is 196 g/mol. The first-order valence-electron chi connectivity index (χ1n) is 4.71. The third-order valence-electron chi connectivity index (χ3n) is 2.42. The maximum atomic E-state index is 5.54. The highest BCUT2D eigenvalue weighted by Crippen LogP contribution is 2.25. The number of halogens is 1. The predicted octanol–water partition coefficient (Wildman–Crippen LogP) is 2.79. The highest BCUT2D eigenvalue weighted by molar-refractivity contribution is 6.17. The molecule has 1 aromatic rings. The van der Waals surface area contributed by atoms with Crippen LogP contribution in [0.5, 0.6) is 5.75 Å². The number of rotatable bonds is 3. The van der Waals surface area contributed by atoms with Crippen molar-refractivity contribution in [2.75, 3.05) is 12.5 Å². The maximum Gasteiger partial charge on any atom is 0.119 e. The van der Waals surface area contributed by atoms with Crippen LogP contribution < -0.4 is 4.74 Å². The number of alkyl halides is 1. The zero-order chi connectivity index (χ0) is 9.10. The van der Waals surface area contributed by atoms with E-state index in [1.807, 2.05) is 6.07 Å². The number of fused-ring (bicyclic) bond motifs is 1. The number of hydrogen-bond donors (Lipinski definition) is 0. The summed E-state index contributed by atoms with van der Waals surface area (Å²) in [7, 11) is 0. The maximum absolute atomic E-state index is 5.54. The molecule has 0 unspecified atom stereocenters. The molecule has 1 nitrogen and oxygen atoms in total. The summed E-state index contributed by atoms with van der Waals surface area (Å²) >= 11 is 5.54. The highest BCUT2D eigenvalue weighted by Gasteiger charge is 2.10. The first kappa shape index (κ1) is 8.89. The van der Waals surface area contributed by atoms with Crippen LogP contribution in [0.15, 0.2) is 18.2 Å². The molecule has 0 saturated carbocycles. The van der Waals surface area contributed by atoms with Crippen LogP contribution in [0.1, 0.15) is 17.5 Å². The Balaban J connectivity index is 2.12. The van der Waals surface area contributed by atoms with E-state index in [1.54, 1.807) is 0 Å². The van der Waals surface area contributed by atoms with Crippen molar-refractivity contribution in [2.24, 2.45) is 0 Å². The van der Waals surface area contributed by atoms with Gasteiger partial charge in [0, 0.05) is 0 Å². The van der Waals surface area contributed by atoms with Crippen LogP contribution in [0, 0.1) is 0 Å². The van der Waals surface area contributed by atoms with Crippen LogP contribution in [0.25, 0.3) is 0 Å². The van der Waals surface area contributed by atoms with Gasteiger partial charge in [0.15, 0.2) is 0 Å². The van der Waals surface area contributed by atoms with Crippen molar-refractivity contribution in [1.82, 2.24) is 0 Å². The molecule has 2 heteroatoms. The molecule has 0 heterocycles. The van der Waals surface area contributed by atoms with Gasteiger partial charge in [-0.15, -0.1) is 11.6 Å². The minimum atomic E-state index is 0.553. The molecule has 70 valence electrons. The molecule has 2 rings (SSSR count). The molecular weight excluding hydrogens is 184 g/mol. The largest absolute Gasteiger partial charge is 0.492 e. The van der Waals surface area contributed by atoms with E-state index in [9.17, 15) is 0 Å². The van der Waals surface area contributed by atoms with Crippen molar-refractivity contribution < 1.29 is 4.74 Å². The highest BCUT2D eigenvalue weighted by atomic mass is 35.5. The molecule has 0 aliphatic heterocycles. The fourth-order valence-corrected chi connectivity index (χ4v) is 1.87. The number of benzene rings is 1. The Kier molecular flexibility index (Phi) is 2.74. The lowest BCUT2D eigenvalue weighted by atomic mass is 10.1. The molecule has 0 bridgehead atoms.